The van der Waals surface area contributed by atoms with Crippen LogP contribution in [0.2, 0.25) is 5.02 Å². The molecule has 0 fully saturated rings. The van der Waals surface area contributed by atoms with E-state index >= 15 is 0 Å². The summed E-state index contributed by atoms with van der Waals surface area (Å²) < 4.78 is 5.25. The summed E-state index contributed by atoms with van der Waals surface area (Å²) in [5.74, 6) is -1.40. The molecule has 0 bridgehead atoms. The molecule has 16 heavy (non-hydrogen) atoms. The first-order valence-electron chi connectivity index (χ1n) is 4.78. The number of fused-ring (bicyclic) bond motifs is 1. The molecular weight excluding hydrogens is 230 g/mol. The first kappa shape index (κ1) is 10.8. The highest BCUT2D eigenvalue weighted by Gasteiger charge is 2.19. The highest BCUT2D eigenvalue weighted by molar-refractivity contribution is 6.31. The van der Waals surface area contributed by atoms with Crippen LogP contribution in [-0.4, -0.2) is 11.1 Å². The van der Waals surface area contributed by atoms with Gasteiger partial charge in [0.25, 0.3) is 0 Å². The van der Waals surface area contributed by atoms with Crippen LogP contribution in [0.3, 0.4) is 0 Å². The zero-order valence-corrected chi connectivity index (χ0v) is 9.34. The van der Waals surface area contributed by atoms with Gasteiger partial charge in [0.05, 0.1) is 5.69 Å². The molecule has 5 heteroatoms. The Kier molecular flexibility index (Phi) is 2.52. The maximum absolute atomic E-state index is 10.9. The second kappa shape index (κ2) is 3.72. The summed E-state index contributed by atoms with van der Waals surface area (Å²) in [6.45, 7) is 1.93. The zero-order valence-electron chi connectivity index (χ0n) is 8.58. The lowest BCUT2D eigenvalue weighted by molar-refractivity contribution is 0.0666. The van der Waals surface area contributed by atoms with Gasteiger partial charge in [0.15, 0.2) is 0 Å². The van der Waals surface area contributed by atoms with Gasteiger partial charge in [-0.15, -0.1) is 0 Å². The van der Waals surface area contributed by atoms with Crippen LogP contribution in [-0.2, 0) is 6.42 Å². The molecule has 1 aromatic heterocycles. The molecule has 0 aliphatic carbocycles. The van der Waals surface area contributed by atoms with Gasteiger partial charge in [0.2, 0.25) is 5.76 Å². The normalized spacial score (nSPS) is 10.9. The van der Waals surface area contributed by atoms with Gasteiger partial charge >= 0.3 is 5.97 Å². The number of halogens is 1. The van der Waals surface area contributed by atoms with Gasteiger partial charge in [-0.25, -0.2) is 4.79 Å². The maximum Gasteiger partial charge on any atom is 0.374 e. The summed E-state index contributed by atoms with van der Waals surface area (Å²) in [5, 5.41) is 9.97. The first-order valence-corrected chi connectivity index (χ1v) is 5.16. The maximum atomic E-state index is 10.9. The lowest BCUT2D eigenvalue weighted by Crippen LogP contribution is -1.98. The van der Waals surface area contributed by atoms with Crippen LogP contribution in [0.1, 0.15) is 23.0 Å². The van der Waals surface area contributed by atoms with Crippen molar-refractivity contribution in [2.24, 2.45) is 0 Å². The number of nitrogen functional groups attached to an aromatic ring is 1. The van der Waals surface area contributed by atoms with Crippen LogP contribution >= 0.6 is 11.6 Å². The third-order valence-electron chi connectivity index (χ3n) is 2.44. The molecule has 84 valence electrons. The van der Waals surface area contributed by atoms with E-state index in [1.54, 1.807) is 12.1 Å². The Labute approximate surface area is 96.6 Å². The van der Waals surface area contributed by atoms with E-state index in [-0.39, 0.29) is 11.4 Å². The number of carboxylic acids is 1. The average Bonchev–Trinajstić information content (AvgIpc) is 2.55. The lowest BCUT2D eigenvalue weighted by atomic mass is 10.1. The predicted octanol–water partition coefficient (Wildman–Crippen LogP) is 2.93. The van der Waals surface area contributed by atoms with Gasteiger partial charge < -0.3 is 15.3 Å². The molecule has 1 aromatic carbocycles. The van der Waals surface area contributed by atoms with E-state index in [0.29, 0.717) is 22.4 Å². The monoisotopic (exact) mass is 239 g/mol. The Balaban J connectivity index is 2.85. The van der Waals surface area contributed by atoms with E-state index in [4.69, 9.17) is 26.9 Å². The van der Waals surface area contributed by atoms with Crippen molar-refractivity contribution in [3.05, 3.63) is 28.5 Å². The second-order valence-corrected chi connectivity index (χ2v) is 3.88. The number of nitrogens with two attached hydrogens (primary N) is 1. The summed E-state index contributed by atoms with van der Waals surface area (Å²) in [6.07, 6.45) is 0.697. The summed E-state index contributed by atoms with van der Waals surface area (Å²) in [4.78, 5) is 10.9. The standard InChI is InChI=1S/C11H10ClNO3/c1-2-5-3-6(12)4-7-8(13)10(11(14)15)16-9(5)7/h3-4H,2,13H2,1H3,(H,14,15). The number of carboxylic acid groups (broad SMARTS) is 1. The summed E-state index contributed by atoms with van der Waals surface area (Å²) >= 11 is 5.92. The van der Waals surface area contributed by atoms with Crippen molar-refractivity contribution in [1.82, 2.24) is 0 Å². The van der Waals surface area contributed by atoms with E-state index in [1.807, 2.05) is 6.92 Å². The number of carbonyl (C=O) groups is 1. The van der Waals surface area contributed by atoms with Gasteiger partial charge in [0, 0.05) is 10.4 Å². The number of anilines is 1. The fraction of sp³-hybridized carbons (Fsp3) is 0.182. The summed E-state index contributed by atoms with van der Waals surface area (Å²) in [5.41, 5.74) is 7.17. The van der Waals surface area contributed by atoms with Crippen LogP contribution in [0, 0.1) is 0 Å². The lowest BCUT2D eigenvalue weighted by Gasteiger charge is -1.99. The summed E-state index contributed by atoms with van der Waals surface area (Å²) in [6, 6.07) is 3.36. The molecular formula is C11H10ClNO3. The Morgan fingerprint density at radius 3 is 2.81 bits per heavy atom. The Morgan fingerprint density at radius 1 is 1.56 bits per heavy atom. The van der Waals surface area contributed by atoms with Crippen LogP contribution < -0.4 is 5.73 Å². The van der Waals surface area contributed by atoms with Gasteiger partial charge in [0.1, 0.15) is 5.58 Å². The van der Waals surface area contributed by atoms with Gasteiger partial charge in [-0.05, 0) is 24.1 Å². The van der Waals surface area contributed by atoms with E-state index in [9.17, 15) is 4.79 Å². The quantitative estimate of drug-likeness (QED) is 0.845. The van der Waals surface area contributed by atoms with Crippen LogP contribution in [0.5, 0.6) is 0 Å². The topological polar surface area (TPSA) is 76.5 Å². The third-order valence-corrected chi connectivity index (χ3v) is 2.66. The molecule has 0 aliphatic heterocycles. The fourth-order valence-electron chi connectivity index (χ4n) is 1.67. The zero-order chi connectivity index (χ0) is 11.9. The SMILES string of the molecule is CCc1cc(Cl)cc2c(N)c(C(=O)O)oc12. The minimum Gasteiger partial charge on any atom is -0.475 e. The van der Waals surface area contributed by atoms with Gasteiger partial charge in [-0.2, -0.15) is 0 Å². The number of benzene rings is 1. The predicted molar refractivity (Wildman–Crippen MR) is 62.0 cm³/mol. The first-order chi connectivity index (χ1) is 7.54. The van der Waals surface area contributed by atoms with Crippen LogP contribution in [0.25, 0.3) is 11.0 Å². The van der Waals surface area contributed by atoms with Crippen molar-refractivity contribution in [2.45, 2.75) is 13.3 Å². The number of hydrogen-bond donors (Lipinski definition) is 2. The highest BCUT2D eigenvalue weighted by atomic mass is 35.5. The number of aryl methyl sites for hydroxylation is 1. The van der Waals surface area contributed by atoms with E-state index in [1.165, 1.54) is 0 Å². The molecule has 0 saturated heterocycles. The van der Waals surface area contributed by atoms with Crippen molar-refractivity contribution < 1.29 is 14.3 Å². The fourth-order valence-corrected chi connectivity index (χ4v) is 1.91. The van der Waals surface area contributed by atoms with Crippen LogP contribution in [0.4, 0.5) is 5.69 Å². The van der Waals surface area contributed by atoms with Crippen molar-refractivity contribution in [1.29, 1.82) is 0 Å². The molecule has 0 saturated carbocycles. The molecule has 0 aliphatic rings. The largest absolute Gasteiger partial charge is 0.475 e. The minimum absolute atomic E-state index is 0.125. The molecule has 2 rings (SSSR count). The smallest absolute Gasteiger partial charge is 0.374 e. The van der Waals surface area contributed by atoms with Crippen molar-refractivity contribution in [2.75, 3.05) is 5.73 Å². The van der Waals surface area contributed by atoms with Crippen molar-refractivity contribution in [3.63, 3.8) is 0 Å². The number of furan rings is 1. The number of aromatic carboxylic acids is 1. The van der Waals surface area contributed by atoms with Crippen molar-refractivity contribution in [3.8, 4) is 0 Å². The third kappa shape index (κ3) is 1.51. The van der Waals surface area contributed by atoms with Crippen molar-refractivity contribution >= 4 is 34.2 Å². The molecule has 2 aromatic rings. The minimum atomic E-state index is -1.17. The Morgan fingerprint density at radius 2 is 2.25 bits per heavy atom. The number of hydrogen-bond acceptors (Lipinski definition) is 3. The van der Waals surface area contributed by atoms with Gasteiger partial charge in [-0.1, -0.05) is 18.5 Å². The molecule has 0 spiro atoms. The molecule has 0 amide bonds. The molecule has 3 N–H and O–H groups in total. The average molecular weight is 240 g/mol. The molecule has 1 heterocycles. The van der Waals surface area contributed by atoms with Gasteiger partial charge in [-0.3, -0.25) is 0 Å². The van der Waals surface area contributed by atoms with E-state index < -0.39 is 5.97 Å². The van der Waals surface area contributed by atoms with E-state index in [2.05, 4.69) is 0 Å². The Bertz CT molecular complexity index is 574. The Hall–Kier alpha value is -1.68. The van der Waals surface area contributed by atoms with Crippen LogP contribution in [0.15, 0.2) is 16.5 Å². The molecule has 4 nitrogen and oxygen atoms in total. The summed E-state index contributed by atoms with van der Waals surface area (Å²) in [7, 11) is 0. The molecule has 0 atom stereocenters. The van der Waals surface area contributed by atoms with E-state index in [0.717, 1.165) is 5.56 Å². The highest BCUT2D eigenvalue weighted by Crippen LogP contribution is 2.33. The molecule has 0 radical (unpaired) electrons. The molecule has 0 unspecified atom stereocenters. The second-order valence-electron chi connectivity index (χ2n) is 3.45. The number of rotatable bonds is 2.